The van der Waals surface area contributed by atoms with Crippen LogP contribution in [0.5, 0.6) is 0 Å². The third-order valence-electron chi connectivity index (χ3n) is 17.6. The zero-order valence-corrected chi connectivity index (χ0v) is 65.5. The molecule has 1 aromatic carbocycles. The van der Waals surface area contributed by atoms with Gasteiger partial charge in [0, 0.05) is 51.5 Å². The Hall–Kier alpha value is -11.8. The lowest BCUT2D eigenvalue weighted by Crippen LogP contribution is -2.61. The van der Waals surface area contributed by atoms with Crippen LogP contribution in [0.2, 0.25) is 0 Å². The molecule has 2 aromatic rings. The predicted molar refractivity (Wildman–Crippen MR) is 417 cm³/mol. The summed E-state index contributed by atoms with van der Waals surface area (Å²) in [6, 6.07) is -7.34. The van der Waals surface area contributed by atoms with Crippen LogP contribution >= 0.6 is 0 Å². The summed E-state index contributed by atoms with van der Waals surface area (Å²) in [6.07, 6.45) is 1.61. The molecular weight excluding hydrogens is 1490 g/mol. The molecule has 12 atom stereocenters. The van der Waals surface area contributed by atoms with Crippen molar-refractivity contribution in [3.63, 3.8) is 0 Å². The van der Waals surface area contributed by atoms with Crippen molar-refractivity contribution in [3.05, 3.63) is 54.1 Å². The maximum atomic E-state index is 14.9. The molecule has 1 heterocycles. The van der Waals surface area contributed by atoms with E-state index in [4.69, 9.17) is 50.6 Å². The molecule has 33 N–H and O–H groups in total. The number of carbonyl (C=O) groups is 15. The average Bonchev–Trinajstić information content (AvgIpc) is 0.921. The summed E-state index contributed by atoms with van der Waals surface area (Å²) in [5.41, 5.74) is 34.2. The maximum absolute atomic E-state index is 14.9. The fraction of sp³-hybridized carbons (Fsp3) is 0.620. The zero-order valence-electron chi connectivity index (χ0n) is 65.5. The summed E-state index contributed by atoms with van der Waals surface area (Å²) in [5.74, 6) is -16.7. The van der Waals surface area contributed by atoms with E-state index in [9.17, 15) is 82.1 Å². The molecule has 1 aromatic heterocycles. The second kappa shape index (κ2) is 53.2. The van der Waals surface area contributed by atoms with Gasteiger partial charge in [0.25, 0.3) is 0 Å². The van der Waals surface area contributed by atoms with Gasteiger partial charge >= 0.3 is 11.9 Å². The third kappa shape index (κ3) is 40.9. The lowest BCUT2D eigenvalue weighted by atomic mass is 9.96. The number of rotatable bonds is 57. The molecule has 0 fully saturated rings. The van der Waals surface area contributed by atoms with E-state index in [0.29, 0.717) is 17.7 Å². The van der Waals surface area contributed by atoms with E-state index >= 15 is 0 Å². The number of carbonyl (C=O) groups excluding carboxylic acids is 13. The number of aliphatic carboxylic acids is 2. The quantitative estimate of drug-likeness (QED) is 0.0166. The van der Waals surface area contributed by atoms with Crippen LogP contribution in [0.3, 0.4) is 0 Å². The van der Waals surface area contributed by atoms with E-state index in [0.717, 1.165) is 0 Å². The first-order chi connectivity index (χ1) is 53.8. The Morgan fingerprint density at radius 3 is 1.32 bits per heavy atom. The first-order valence-corrected chi connectivity index (χ1v) is 37.8. The Kier molecular flexibility index (Phi) is 45.9. The first kappa shape index (κ1) is 98.3. The smallest absolute Gasteiger partial charge is 0.326 e. The molecule has 0 saturated heterocycles. The van der Waals surface area contributed by atoms with Crippen molar-refractivity contribution in [2.24, 2.45) is 52.2 Å². The number of carboxylic acid groups (broad SMARTS) is 2. The molecular formula is C71H120N26O17. The van der Waals surface area contributed by atoms with Gasteiger partial charge < -0.3 is 129 Å². The van der Waals surface area contributed by atoms with Gasteiger partial charge in [-0.2, -0.15) is 0 Å². The molecule has 636 valence electrons. The molecule has 0 spiro atoms. The number of amides is 13. The summed E-state index contributed by atoms with van der Waals surface area (Å²) in [7, 11) is 0. The number of hydrogen-bond donors (Lipinski definition) is 27. The van der Waals surface area contributed by atoms with Gasteiger partial charge in [-0.3, -0.25) is 83.4 Å². The number of aromatic amines is 1. The summed E-state index contributed by atoms with van der Waals surface area (Å²) < 4.78 is 0. The van der Waals surface area contributed by atoms with Gasteiger partial charge in [-0.1, -0.05) is 78.3 Å². The molecule has 0 saturated carbocycles. The monoisotopic (exact) mass is 1610 g/mol. The number of unbranched alkanes of at least 4 members (excludes halogenated alkanes) is 1. The second-order valence-corrected chi connectivity index (χ2v) is 28.3. The molecule has 114 heavy (non-hydrogen) atoms. The summed E-state index contributed by atoms with van der Waals surface area (Å²) in [6.45, 7) is 9.20. The Morgan fingerprint density at radius 1 is 0.447 bits per heavy atom. The summed E-state index contributed by atoms with van der Waals surface area (Å²) in [4.78, 5) is 211. The number of carboxylic acids is 2. The lowest BCUT2D eigenvalue weighted by Gasteiger charge is -2.30. The Balaban J connectivity index is 2.53. The predicted octanol–water partition coefficient (Wildman–Crippen LogP) is -6.13. The fourth-order valence-corrected chi connectivity index (χ4v) is 11.3. The lowest BCUT2D eigenvalue weighted by molar-refractivity contribution is -0.143. The molecule has 0 aliphatic rings. The SMILES string of the molecule is CC[C@H](C)[C@H](NC(=O)[C@H](Cc1ccccc1)NC(=O)[C@H](CCCNC(=N)N)NC(=O)CNC(=O)CNC(=O)[C@H](Cc1c[nH]cn1)NC(=O)[C@@H](N)CCC(N)=O)C(=O)N[C@@H](CCCNC(=N)N)C(=O)N[C@@H](CC(C)C)C(=O)N[C@@H](CCCCN)C(=O)N[C@@H](CC(C)C)C(=O)N[C@@H](CCC(=O)O)C(=O)N[C@@H](CCCNC(=N)N)C(=O)O. The van der Waals surface area contributed by atoms with Gasteiger partial charge in [0.05, 0.1) is 31.2 Å². The number of primary amides is 1. The van der Waals surface area contributed by atoms with Gasteiger partial charge in [0.2, 0.25) is 76.8 Å². The molecule has 0 radical (unpaired) electrons. The maximum Gasteiger partial charge on any atom is 0.326 e. The number of nitrogens with one attached hydrogen (secondary N) is 19. The van der Waals surface area contributed by atoms with E-state index < -0.39 is 199 Å². The normalized spacial score (nSPS) is 14.2. The van der Waals surface area contributed by atoms with Gasteiger partial charge in [0.1, 0.15) is 60.4 Å². The molecule has 0 unspecified atom stereocenters. The number of benzene rings is 1. The topological polar surface area (TPSA) is 733 Å². The highest BCUT2D eigenvalue weighted by Crippen LogP contribution is 2.16. The fourth-order valence-electron chi connectivity index (χ4n) is 11.3. The van der Waals surface area contributed by atoms with Crippen LogP contribution < -0.4 is 114 Å². The van der Waals surface area contributed by atoms with E-state index in [-0.39, 0.29) is 140 Å². The first-order valence-electron chi connectivity index (χ1n) is 37.8. The van der Waals surface area contributed by atoms with Crippen molar-refractivity contribution in [1.29, 1.82) is 16.2 Å². The van der Waals surface area contributed by atoms with Crippen LogP contribution in [0, 0.1) is 34.0 Å². The van der Waals surface area contributed by atoms with Crippen molar-refractivity contribution in [1.82, 2.24) is 89.7 Å². The largest absolute Gasteiger partial charge is 0.481 e. The summed E-state index contributed by atoms with van der Waals surface area (Å²) >= 11 is 0. The van der Waals surface area contributed by atoms with E-state index in [1.807, 2.05) is 0 Å². The molecule has 0 aliphatic carbocycles. The second-order valence-electron chi connectivity index (χ2n) is 28.3. The van der Waals surface area contributed by atoms with E-state index in [1.54, 1.807) is 71.9 Å². The van der Waals surface area contributed by atoms with Gasteiger partial charge in [-0.25, -0.2) is 9.78 Å². The minimum Gasteiger partial charge on any atom is -0.481 e. The molecule has 13 amide bonds. The Morgan fingerprint density at radius 2 is 0.868 bits per heavy atom. The van der Waals surface area contributed by atoms with E-state index in [2.05, 4.69) is 89.7 Å². The number of guanidine groups is 3. The van der Waals surface area contributed by atoms with Crippen LogP contribution in [-0.4, -0.2) is 233 Å². The van der Waals surface area contributed by atoms with Gasteiger partial charge in [0.15, 0.2) is 17.9 Å². The molecule has 0 aliphatic heterocycles. The van der Waals surface area contributed by atoms with Crippen molar-refractivity contribution < 1.29 is 82.1 Å². The molecule has 2 rings (SSSR count). The molecule has 43 nitrogen and oxygen atoms in total. The number of aromatic nitrogens is 2. The van der Waals surface area contributed by atoms with E-state index in [1.165, 1.54) is 12.5 Å². The van der Waals surface area contributed by atoms with Crippen molar-refractivity contribution >= 4 is 107 Å². The van der Waals surface area contributed by atoms with Crippen molar-refractivity contribution in [2.45, 2.75) is 224 Å². The molecule has 43 heteroatoms. The highest BCUT2D eigenvalue weighted by atomic mass is 16.4. The standard InChI is InChI=1S/C71H120N26O17/c1-7-40(6)57(97-66(111)51(32-41-16-9-8-10-17-41)96-60(105)44(19-13-27-82-69(75)76)88-55(100)36-85-54(99)35-86-59(104)52(33-42-34-81-37-87-42)93-58(103)43(73)22-24-53(74)98)67(112)91-46(20-14-28-83-70(77)78)62(107)95-49(30-38(2)3)64(109)89-45(18-11-12-26-72)61(106)94-50(31-39(4)5)65(110)90-47(23-25-56(101)102)63(108)92-48(68(113)114)21-15-29-84-71(79)80/h8-10,16-17,34,37-40,43-52,57H,7,11-15,18-33,35-36,72-73H2,1-6H3,(H2,74,98)(H,81,87)(H,85,99)(H,86,104)(H,88,100)(H,89,109)(H,90,110)(H,91,112)(H,92,108)(H,93,103)(H,94,106)(H,95,107)(H,96,105)(H,97,111)(H,101,102)(H,113,114)(H4,75,76,82)(H4,77,78,83)(H4,79,80,84)/t40-,43-,44-,45-,46-,47-,48-,49-,50-,51-,52-,57-/m0/s1. The van der Waals surface area contributed by atoms with Gasteiger partial charge in [-0.15, -0.1) is 0 Å². The van der Waals surface area contributed by atoms with Crippen LogP contribution in [0.1, 0.15) is 156 Å². The third-order valence-corrected chi connectivity index (χ3v) is 17.6. The highest BCUT2D eigenvalue weighted by Gasteiger charge is 2.38. The number of imidazole rings is 1. The average molecular weight is 1610 g/mol. The van der Waals surface area contributed by atoms with Crippen LogP contribution in [-0.2, 0) is 84.8 Å². The zero-order chi connectivity index (χ0) is 85.6. The number of nitrogens with zero attached hydrogens (tertiary/aromatic N) is 1. The van der Waals surface area contributed by atoms with Crippen molar-refractivity contribution in [3.8, 4) is 0 Å². The van der Waals surface area contributed by atoms with Crippen LogP contribution in [0.25, 0.3) is 0 Å². The Bertz CT molecular complexity index is 3520. The van der Waals surface area contributed by atoms with Crippen LogP contribution in [0.15, 0.2) is 42.9 Å². The molecule has 0 bridgehead atoms. The number of H-pyrrole nitrogens is 1. The number of nitrogens with two attached hydrogens (primary N) is 6. The number of hydrogen-bond acceptors (Lipinski definition) is 21. The van der Waals surface area contributed by atoms with Gasteiger partial charge in [-0.05, 0) is 113 Å². The van der Waals surface area contributed by atoms with Crippen molar-refractivity contribution in [2.75, 3.05) is 39.3 Å². The highest BCUT2D eigenvalue weighted by molar-refractivity contribution is 5.99. The minimum absolute atomic E-state index is 0.0252. The summed E-state index contributed by atoms with van der Waals surface area (Å²) in [5, 5.41) is 80.7. The van der Waals surface area contributed by atoms with Crippen LogP contribution in [0.4, 0.5) is 0 Å². The minimum atomic E-state index is -1.61. The Labute approximate surface area is 661 Å².